The van der Waals surface area contributed by atoms with Crippen LogP contribution in [0.25, 0.3) is 0 Å². The number of rotatable bonds is 8. The van der Waals surface area contributed by atoms with Gasteiger partial charge in [-0.2, -0.15) is 0 Å². The summed E-state index contributed by atoms with van der Waals surface area (Å²) < 4.78 is 14.0. The molecule has 0 saturated heterocycles. The Labute approximate surface area is 156 Å². The van der Waals surface area contributed by atoms with Crippen LogP contribution < -0.4 is 0 Å². The van der Waals surface area contributed by atoms with E-state index in [4.69, 9.17) is 0 Å². The van der Waals surface area contributed by atoms with Gasteiger partial charge < -0.3 is 0 Å². The minimum absolute atomic E-state index is 0.119. The summed E-state index contributed by atoms with van der Waals surface area (Å²) in [6.45, 7) is 4.60. The van der Waals surface area contributed by atoms with E-state index >= 15 is 0 Å². The maximum absolute atomic E-state index is 14.0. The molecular formula is C24H26FN. The van der Waals surface area contributed by atoms with Gasteiger partial charge in [0.05, 0.1) is 0 Å². The molecular weight excluding hydrogens is 321 g/mol. The maximum atomic E-state index is 14.0. The largest absolute Gasteiger partial charge is 0.295 e. The highest BCUT2D eigenvalue weighted by Gasteiger charge is 2.10. The van der Waals surface area contributed by atoms with Gasteiger partial charge in [-0.15, -0.1) is 0 Å². The molecule has 0 aromatic heterocycles. The zero-order valence-corrected chi connectivity index (χ0v) is 15.4. The lowest BCUT2D eigenvalue weighted by Crippen LogP contribution is -2.24. The van der Waals surface area contributed by atoms with Crippen molar-refractivity contribution in [2.45, 2.75) is 32.9 Å². The van der Waals surface area contributed by atoms with Crippen LogP contribution in [-0.4, -0.2) is 11.4 Å². The van der Waals surface area contributed by atoms with Crippen LogP contribution >= 0.6 is 0 Å². The number of hydrogen-bond donors (Lipinski definition) is 0. The highest BCUT2D eigenvalue weighted by Crippen LogP contribution is 2.16. The van der Waals surface area contributed by atoms with Gasteiger partial charge in [0.1, 0.15) is 5.82 Å². The van der Waals surface area contributed by atoms with Crippen LogP contribution in [0.4, 0.5) is 4.39 Å². The lowest BCUT2D eigenvalue weighted by atomic mass is 10.0. The fourth-order valence-corrected chi connectivity index (χ4v) is 3.33. The van der Waals surface area contributed by atoms with Crippen LogP contribution in [0.2, 0.25) is 0 Å². The fourth-order valence-electron chi connectivity index (χ4n) is 3.33. The third-order valence-electron chi connectivity index (χ3n) is 4.54. The Bertz CT molecular complexity index is 813. The first-order valence-electron chi connectivity index (χ1n) is 9.32. The van der Waals surface area contributed by atoms with Gasteiger partial charge in [-0.25, -0.2) is 4.39 Å². The van der Waals surface area contributed by atoms with Gasteiger partial charge in [0, 0.05) is 18.7 Å². The highest BCUT2D eigenvalue weighted by atomic mass is 19.1. The van der Waals surface area contributed by atoms with Crippen molar-refractivity contribution in [3.05, 3.63) is 107 Å². The molecule has 0 unspecified atom stereocenters. The topological polar surface area (TPSA) is 3.24 Å². The summed E-state index contributed by atoms with van der Waals surface area (Å²) in [6.07, 6.45) is 1.99. The average molecular weight is 347 g/mol. The van der Waals surface area contributed by atoms with Crippen molar-refractivity contribution >= 4 is 0 Å². The molecule has 3 aromatic rings. The molecule has 0 heterocycles. The first kappa shape index (κ1) is 18.3. The Morgan fingerprint density at radius 3 is 2.19 bits per heavy atom. The average Bonchev–Trinajstić information content (AvgIpc) is 2.65. The SMILES string of the molecule is CCCN(Cc1cccc(Cc2ccccc2)c1)Cc1ccccc1F. The van der Waals surface area contributed by atoms with Crippen LogP contribution in [0.15, 0.2) is 78.9 Å². The molecule has 0 aliphatic carbocycles. The molecule has 2 heteroatoms. The lowest BCUT2D eigenvalue weighted by Gasteiger charge is -2.22. The van der Waals surface area contributed by atoms with Gasteiger partial charge in [-0.05, 0) is 42.1 Å². The van der Waals surface area contributed by atoms with E-state index in [1.54, 1.807) is 12.1 Å². The second-order valence-electron chi connectivity index (χ2n) is 6.78. The summed E-state index contributed by atoms with van der Waals surface area (Å²) in [5, 5.41) is 0. The lowest BCUT2D eigenvalue weighted by molar-refractivity contribution is 0.253. The highest BCUT2D eigenvalue weighted by molar-refractivity contribution is 5.29. The third-order valence-corrected chi connectivity index (χ3v) is 4.54. The van der Waals surface area contributed by atoms with Gasteiger partial charge >= 0.3 is 0 Å². The van der Waals surface area contributed by atoms with Gasteiger partial charge in [0.15, 0.2) is 0 Å². The molecule has 0 N–H and O–H groups in total. The Balaban J connectivity index is 1.70. The van der Waals surface area contributed by atoms with Crippen molar-refractivity contribution < 1.29 is 4.39 Å². The van der Waals surface area contributed by atoms with E-state index in [9.17, 15) is 4.39 Å². The van der Waals surface area contributed by atoms with E-state index in [1.165, 1.54) is 16.7 Å². The first-order valence-corrected chi connectivity index (χ1v) is 9.32. The van der Waals surface area contributed by atoms with Gasteiger partial charge in [0.2, 0.25) is 0 Å². The molecule has 0 spiro atoms. The summed E-state index contributed by atoms with van der Waals surface area (Å²) in [5.74, 6) is -0.119. The molecule has 0 radical (unpaired) electrons. The van der Waals surface area contributed by atoms with Crippen LogP contribution in [0.3, 0.4) is 0 Å². The van der Waals surface area contributed by atoms with Crippen molar-refractivity contribution in [2.24, 2.45) is 0 Å². The number of benzene rings is 3. The van der Waals surface area contributed by atoms with E-state index in [0.717, 1.165) is 31.5 Å². The van der Waals surface area contributed by atoms with Gasteiger partial charge in [-0.1, -0.05) is 79.7 Å². The third kappa shape index (κ3) is 5.27. The monoisotopic (exact) mass is 347 g/mol. The van der Waals surface area contributed by atoms with Crippen molar-refractivity contribution in [3.8, 4) is 0 Å². The van der Waals surface area contributed by atoms with Crippen LogP contribution in [0.1, 0.15) is 35.6 Å². The summed E-state index contributed by atoms with van der Waals surface area (Å²) in [6, 6.07) is 26.3. The molecule has 0 saturated carbocycles. The molecule has 26 heavy (non-hydrogen) atoms. The summed E-state index contributed by atoms with van der Waals surface area (Å²) in [7, 11) is 0. The molecule has 3 rings (SSSR count). The summed E-state index contributed by atoms with van der Waals surface area (Å²) >= 11 is 0. The standard InChI is InChI=1S/C24H26FN/c1-2-15-26(19-23-13-6-7-14-24(23)25)18-22-12-8-11-21(17-22)16-20-9-4-3-5-10-20/h3-14,17H,2,15-16,18-19H2,1H3. The quantitative estimate of drug-likeness (QED) is 0.495. The normalized spacial score (nSPS) is 11.0. The van der Waals surface area contributed by atoms with Crippen LogP contribution in [0, 0.1) is 5.82 Å². The number of hydrogen-bond acceptors (Lipinski definition) is 1. The van der Waals surface area contributed by atoms with Crippen LogP contribution in [0.5, 0.6) is 0 Å². The Hall–Kier alpha value is -2.45. The molecule has 0 amide bonds. The van der Waals surface area contributed by atoms with E-state index in [0.29, 0.717) is 6.54 Å². The Kier molecular flexibility index (Phi) is 6.56. The van der Waals surface area contributed by atoms with Gasteiger partial charge in [-0.3, -0.25) is 4.90 Å². The Morgan fingerprint density at radius 1 is 0.731 bits per heavy atom. The Morgan fingerprint density at radius 2 is 1.42 bits per heavy atom. The summed E-state index contributed by atoms with van der Waals surface area (Å²) in [4.78, 5) is 2.32. The molecule has 0 aliphatic heterocycles. The maximum Gasteiger partial charge on any atom is 0.127 e. The summed E-state index contributed by atoms with van der Waals surface area (Å²) in [5.41, 5.74) is 4.68. The van der Waals surface area contributed by atoms with E-state index in [1.807, 2.05) is 18.2 Å². The number of halogens is 1. The minimum atomic E-state index is -0.119. The molecule has 0 bridgehead atoms. The smallest absolute Gasteiger partial charge is 0.127 e. The van der Waals surface area contributed by atoms with Crippen molar-refractivity contribution in [1.29, 1.82) is 0 Å². The van der Waals surface area contributed by atoms with Crippen molar-refractivity contribution in [1.82, 2.24) is 4.90 Å². The molecule has 134 valence electrons. The fraction of sp³-hybridized carbons (Fsp3) is 0.250. The van der Waals surface area contributed by atoms with E-state index < -0.39 is 0 Å². The molecule has 0 fully saturated rings. The predicted octanol–water partition coefficient (Wildman–Crippen LogP) is 5.83. The molecule has 1 nitrogen and oxygen atoms in total. The second-order valence-corrected chi connectivity index (χ2v) is 6.78. The molecule has 3 aromatic carbocycles. The second kappa shape index (κ2) is 9.30. The predicted molar refractivity (Wildman–Crippen MR) is 106 cm³/mol. The number of nitrogens with zero attached hydrogens (tertiary/aromatic N) is 1. The van der Waals surface area contributed by atoms with Crippen LogP contribution in [-0.2, 0) is 19.5 Å². The van der Waals surface area contributed by atoms with E-state index in [2.05, 4.69) is 60.4 Å². The van der Waals surface area contributed by atoms with Gasteiger partial charge in [0.25, 0.3) is 0 Å². The minimum Gasteiger partial charge on any atom is -0.295 e. The zero-order valence-electron chi connectivity index (χ0n) is 15.4. The van der Waals surface area contributed by atoms with Crippen molar-refractivity contribution in [2.75, 3.05) is 6.54 Å². The van der Waals surface area contributed by atoms with Crippen molar-refractivity contribution in [3.63, 3.8) is 0 Å². The van der Waals surface area contributed by atoms with E-state index in [-0.39, 0.29) is 5.82 Å². The zero-order chi connectivity index (χ0) is 18.2. The molecule has 0 atom stereocenters. The molecule has 0 aliphatic rings. The first-order chi connectivity index (χ1) is 12.7.